The summed E-state index contributed by atoms with van der Waals surface area (Å²) in [5.74, 6) is 0. The fourth-order valence-electron chi connectivity index (χ4n) is 3.39. The van der Waals surface area contributed by atoms with E-state index >= 15 is 0 Å². The molecular weight excluding hydrogens is 361 g/mol. The minimum Gasteiger partial charge on any atom is -0.298 e. The number of hydrogen-bond acceptors (Lipinski definition) is 2. The Morgan fingerprint density at radius 3 is 1.36 bits per heavy atom. The molecule has 0 aliphatic carbocycles. The van der Waals surface area contributed by atoms with E-state index in [1.165, 1.54) is 0 Å². The molecule has 4 aromatic rings. The van der Waals surface area contributed by atoms with Gasteiger partial charge in [-0.15, -0.1) is 0 Å². The third-order valence-corrected chi connectivity index (χ3v) is 8.36. The highest BCUT2D eigenvalue weighted by Crippen LogP contribution is 2.49. The van der Waals surface area contributed by atoms with Crippen LogP contribution in [0.25, 0.3) is 0 Å². The molecule has 0 radical (unpaired) electrons. The van der Waals surface area contributed by atoms with Crippen molar-refractivity contribution in [3.8, 4) is 0 Å². The quantitative estimate of drug-likeness (QED) is 0.340. The Hall–Kier alpha value is -3.22. The summed E-state index contributed by atoms with van der Waals surface area (Å²) in [6.45, 7) is 0. The minimum atomic E-state index is -2.35. The number of carbonyl (C=O) groups is 1. The first kappa shape index (κ1) is 18.2. The van der Waals surface area contributed by atoms with Gasteiger partial charge in [-0.25, -0.2) is 0 Å². The first-order valence-electron chi connectivity index (χ1n) is 9.18. The zero-order valence-electron chi connectivity index (χ0n) is 15.3. The average Bonchev–Trinajstić information content (AvgIpc) is 2.79. The maximum absolute atomic E-state index is 11.7. The number of benzene rings is 4. The Labute approximate surface area is 165 Å². The minimum absolute atomic E-state index is 0.606. The van der Waals surface area contributed by atoms with Crippen molar-refractivity contribution in [2.24, 2.45) is 4.74 Å². The molecule has 3 heteroatoms. The second kappa shape index (κ2) is 8.21. The van der Waals surface area contributed by atoms with Gasteiger partial charge in [-0.2, -0.15) is 0 Å². The Bertz CT molecular complexity index is 1020. The van der Waals surface area contributed by atoms with Crippen LogP contribution in [0, 0.1) is 0 Å². The van der Waals surface area contributed by atoms with Gasteiger partial charge in [-0.3, -0.25) is 9.54 Å². The molecular formula is C25H20NOP. The first-order chi connectivity index (χ1) is 13.8. The van der Waals surface area contributed by atoms with Gasteiger partial charge in [0, 0.05) is 21.5 Å². The van der Waals surface area contributed by atoms with Crippen molar-refractivity contribution < 1.29 is 4.79 Å². The summed E-state index contributed by atoms with van der Waals surface area (Å²) < 4.78 is 5.35. The van der Waals surface area contributed by atoms with Crippen LogP contribution in [0.2, 0.25) is 0 Å². The molecule has 0 N–H and O–H groups in total. The van der Waals surface area contributed by atoms with Gasteiger partial charge in [0.25, 0.3) is 0 Å². The molecule has 0 aromatic heterocycles. The van der Waals surface area contributed by atoms with Gasteiger partial charge in [-0.1, -0.05) is 103 Å². The highest BCUT2D eigenvalue weighted by atomic mass is 31.2. The van der Waals surface area contributed by atoms with Crippen molar-refractivity contribution in [2.75, 3.05) is 0 Å². The molecule has 0 unspecified atom stereocenters. The number of carbonyl (C=O) groups excluding carboxylic acids is 1. The molecule has 0 saturated carbocycles. The number of rotatable bonds is 5. The van der Waals surface area contributed by atoms with Crippen LogP contribution in [0.4, 0.5) is 5.69 Å². The van der Waals surface area contributed by atoms with E-state index in [4.69, 9.17) is 4.74 Å². The Morgan fingerprint density at radius 2 is 0.929 bits per heavy atom. The molecule has 0 heterocycles. The predicted octanol–water partition coefficient (Wildman–Crippen LogP) is 5.31. The molecule has 0 bridgehead atoms. The molecule has 0 atom stereocenters. The Morgan fingerprint density at radius 1 is 0.536 bits per heavy atom. The SMILES string of the molecule is O=Cc1ccccc1N=P(c1ccccc1)(c1ccccc1)c1ccccc1. The fourth-order valence-corrected chi connectivity index (χ4v) is 6.95. The number of aldehydes is 1. The zero-order chi connectivity index (χ0) is 19.2. The van der Waals surface area contributed by atoms with Crippen LogP contribution < -0.4 is 15.9 Å². The lowest BCUT2D eigenvalue weighted by Crippen LogP contribution is -2.25. The molecule has 0 saturated heterocycles. The van der Waals surface area contributed by atoms with E-state index in [-0.39, 0.29) is 0 Å². The summed E-state index contributed by atoms with van der Waals surface area (Å²) in [4.78, 5) is 11.7. The first-order valence-corrected chi connectivity index (χ1v) is 10.9. The predicted molar refractivity (Wildman–Crippen MR) is 119 cm³/mol. The van der Waals surface area contributed by atoms with E-state index in [1.54, 1.807) is 0 Å². The summed E-state index contributed by atoms with van der Waals surface area (Å²) >= 11 is 0. The molecule has 0 amide bonds. The molecule has 4 rings (SSSR count). The second-order valence-corrected chi connectivity index (χ2v) is 9.44. The molecule has 0 fully saturated rings. The van der Waals surface area contributed by atoms with Gasteiger partial charge in [0.15, 0.2) is 6.29 Å². The molecule has 0 spiro atoms. The highest BCUT2D eigenvalue weighted by molar-refractivity contribution is 7.87. The average molecular weight is 381 g/mol. The largest absolute Gasteiger partial charge is 0.298 e. The lowest BCUT2D eigenvalue weighted by Gasteiger charge is -2.27. The number of nitrogens with zero attached hydrogens (tertiary/aromatic N) is 1. The van der Waals surface area contributed by atoms with Gasteiger partial charge in [0.1, 0.15) is 0 Å². The fraction of sp³-hybridized carbons (Fsp3) is 0. The number of hydrogen-bond donors (Lipinski definition) is 0. The summed E-state index contributed by atoms with van der Waals surface area (Å²) in [5.41, 5.74) is 1.33. The Balaban J connectivity index is 2.16. The third kappa shape index (κ3) is 3.35. The summed E-state index contributed by atoms with van der Waals surface area (Å²) in [6.07, 6.45) is 0.883. The van der Waals surface area contributed by atoms with Crippen molar-refractivity contribution in [3.63, 3.8) is 0 Å². The monoisotopic (exact) mass is 381 g/mol. The van der Waals surface area contributed by atoms with Gasteiger partial charge < -0.3 is 0 Å². The van der Waals surface area contributed by atoms with Gasteiger partial charge >= 0.3 is 0 Å². The molecule has 0 aliphatic rings. The van der Waals surface area contributed by atoms with E-state index in [0.29, 0.717) is 5.56 Å². The summed E-state index contributed by atoms with van der Waals surface area (Å²) in [7, 11) is -2.35. The van der Waals surface area contributed by atoms with Crippen LogP contribution >= 0.6 is 7.05 Å². The van der Waals surface area contributed by atoms with E-state index in [9.17, 15) is 4.79 Å². The van der Waals surface area contributed by atoms with Crippen molar-refractivity contribution in [3.05, 3.63) is 121 Å². The van der Waals surface area contributed by atoms with E-state index in [0.717, 1.165) is 27.9 Å². The van der Waals surface area contributed by atoms with E-state index in [2.05, 4.69) is 72.8 Å². The van der Waals surface area contributed by atoms with Crippen molar-refractivity contribution in [2.45, 2.75) is 0 Å². The van der Waals surface area contributed by atoms with Gasteiger partial charge in [0.2, 0.25) is 0 Å². The van der Waals surface area contributed by atoms with E-state index < -0.39 is 7.05 Å². The smallest absolute Gasteiger partial charge is 0.152 e. The molecule has 4 aromatic carbocycles. The molecule has 28 heavy (non-hydrogen) atoms. The summed E-state index contributed by atoms with van der Waals surface area (Å²) in [6, 6.07) is 38.8. The topological polar surface area (TPSA) is 29.4 Å². The Kier molecular flexibility index (Phi) is 5.32. The van der Waals surface area contributed by atoms with Crippen LogP contribution in [0.15, 0.2) is 120 Å². The normalized spacial score (nSPS) is 11.0. The highest BCUT2D eigenvalue weighted by Gasteiger charge is 2.27. The van der Waals surface area contributed by atoms with Crippen LogP contribution in [0.5, 0.6) is 0 Å². The lowest BCUT2D eigenvalue weighted by molar-refractivity contribution is 0.112. The van der Waals surface area contributed by atoms with Crippen LogP contribution in [-0.2, 0) is 0 Å². The van der Waals surface area contributed by atoms with Crippen LogP contribution in [0.3, 0.4) is 0 Å². The van der Waals surface area contributed by atoms with Gasteiger partial charge in [0.05, 0.1) is 12.7 Å². The standard InChI is InChI=1S/C25H20NOP/c27-20-21-12-10-11-19-25(21)26-28(22-13-4-1-5-14-22,23-15-6-2-7-16-23)24-17-8-3-9-18-24/h1-20H. The molecule has 136 valence electrons. The van der Waals surface area contributed by atoms with Crippen LogP contribution in [-0.4, -0.2) is 6.29 Å². The van der Waals surface area contributed by atoms with Crippen molar-refractivity contribution in [1.29, 1.82) is 0 Å². The van der Waals surface area contributed by atoms with Crippen LogP contribution in [0.1, 0.15) is 10.4 Å². The zero-order valence-corrected chi connectivity index (χ0v) is 16.2. The van der Waals surface area contributed by atoms with Gasteiger partial charge in [-0.05, 0) is 12.1 Å². The molecule has 2 nitrogen and oxygen atoms in total. The second-order valence-electron chi connectivity index (χ2n) is 6.42. The van der Waals surface area contributed by atoms with E-state index in [1.807, 2.05) is 42.5 Å². The third-order valence-electron chi connectivity index (χ3n) is 4.71. The molecule has 0 aliphatic heterocycles. The maximum Gasteiger partial charge on any atom is 0.152 e. The van der Waals surface area contributed by atoms with Crippen molar-refractivity contribution >= 4 is 34.9 Å². The van der Waals surface area contributed by atoms with Crippen molar-refractivity contribution in [1.82, 2.24) is 0 Å². The summed E-state index contributed by atoms with van der Waals surface area (Å²) in [5, 5.41) is 3.48. The lowest BCUT2D eigenvalue weighted by atomic mass is 10.2. The maximum atomic E-state index is 11.7.